The lowest BCUT2D eigenvalue weighted by atomic mass is 9.83. The highest BCUT2D eigenvalue weighted by Gasteiger charge is 2.35. The van der Waals surface area contributed by atoms with Crippen LogP contribution >= 0.6 is 0 Å². The number of pyridine rings is 2. The molecule has 4 aromatic rings. The van der Waals surface area contributed by atoms with E-state index >= 15 is 0 Å². The van der Waals surface area contributed by atoms with E-state index in [1.807, 2.05) is 28.8 Å². The van der Waals surface area contributed by atoms with Crippen LogP contribution in [0.3, 0.4) is 0 Å². The van der Waals surface area contributed by atoms with Gasteiger partial charge < -0.3 is 24.6 Å². The largest absolute Gasteiger partial charge is 0.369 e. The van der Waals surface area contributed by atoms with Gasteiger partial charge in [-0.15, -0.1) is 0 Å². The number of rotatable bonds is 6. The number of aromatic nitrogens is 2. The Morgan fingerprint density at radius 1 is 0.848 bits per heavy atom. The van der Waals surface area contributed by atoms with Crippen molar-refractivity contribution in [1.82, 2.24) is 14.5 Å². The van der Waals surface area contributed by atoms with E-state index in [1.165, 1.54) is 12.1 Å². The number of piperidine rings is 1. The first-order chi connectivity index (χ1) is 22.3. The lowest BCUT2D eigenvalue weighted by molar-refractivity contribution is -0.384. The number of carbonyl (C=O) groups excluding carboxylic acids is 2. The third-order valence-electron chi connectivity index (χ3n) is 9.25. The number of nitro benzene ring substituents is 1. The van der Waals surface area contributed by atoms with Gasteiger partial charge in [-0.2, -0.15) is 0 Å². The van der Waals surface area contributed by atoms with E-state index in [4.69, 9.17) is 0 Å². The minimum atomic E-state index is -0.419. The van der Waals surface area contributed by atoms with E-state index in [9.17, 15) is 24.5 Å². The second-order valence-electron chi connectivity index (χ2n) is 12.1. The average molecular weight is 620 g/mol. The Kier molecular flexibility index (Phi) is 7.69. The van der Waals surface area contributed by atoms with Crippen LogP contribution in [-0.4, -0.2) is 70.5 Å². The van der Waals surface area contributed by atoms with Crippen molar-refractivity contribution in [1.29, 1.82) is 0 Å². The predicted molar refractivity (Wildman–Crippen MR) is 174 cm³/mol. The van der Waals surface area contributed by atoms with E-state index in [2.05, 4.69) is 20.1 Å². The Balaban J connectivity index is 1.12. The molecule has 2 fully saturated rings. The molecule has 2 atom stereocenters. The fourth-order valence-corrected chi connectivity index (χ4v) is 6.97. The van der Waals surface area contributed by atoms with Crippen molar-refractivity contribution in [3.63, 3.8) is 0 Å². The summed E-state index contributed by atoms with van der Waals surface area (Å²) in [6, 6.07) is 20.7. The number of non-ortho nitro benzene ring substituents is 1. The maximum atomic E-state index is 13.8. The number of benzene rings is 2. The van der Waals surface area contributed by atoms with Crippen LogP contribution in [0.1, 0.15) is 38.7 Å². The van der Waals surface area contributed by atoms with Crippen LogP contribution in [0.4, 0.5) is 22.7 Å². The summed E-state index contributed by atoms with van der Waals surface area (Å²) < 4.78 is 1.89. The van der Waals surface area contributed by atoms with E-state index in [-0.39, 0.29) is 34.9 Å². The smallest absolute Gasteiger partial charge is 0.269 e. The minimum Gasteiger partial charge on any atom is -0.369 e. The number of fused-ring (bicyclic) bond motifs is 4. The number of nitro groups is 1. The molecule has 0 unspecified atom stereocenters. The molecular weight excluding hydrogens is 586 g/mol. The summed E-state index contributed by atoms with van der Waals surface area (Å²) in [5.41, 5.74) is 4.32. The minimum absolute atomic E-state index is 0.0300. The van der Waals surface area contributed by atoms with Crippen molar-refractivity contribution in [2.45, 2.75) is 18.9 Å². The molecule has 3 aliphatic rings. The van der Waals surface area contributed by atoms with Gasteiger partial charge in [0.05, 0.1) is 16.3 Å². The Labute approximate surface area is 265 Å². The van der Waals surface area contributed by atoms with Crippen LogP contribution in [0.15, 0.2) is 90.0 Å². The first-order valence-electron chi connectivity index (χ1n) is 15.4. The molecule has 234 valence electrons. The number of hydrogen-bond donors (Lipinski definition) is 1. The third-order valence-corrected chi connectivity index (χ3v) is 9.25. The zero-order valence-electron chi connectivity index (χ0n) is 25.1. The summed E-state index contributed by atoms with van der Waals surface area (Å²) in [6.45, 7) is 4.24. The van der Waals surface area contributed by atoms with Crippen LogP contribution in [-0.2, 0) is 6.54 Å². The molecule has 0 aliphatic carbocycles. The topological polar surface area (TPSA) is 134 Å². The molecule has 2 saturated heterocycles. The molecule has 1 N–H and O–H groups in total. The standard InChI is InChI=1S/C34H33N7O5/c42-32-3-1-2-30-26-18-23(21-40(30)32)20-39(22-26)31-9-4-25(19-29(31)36-33(43)24-10-12-35-13-11-24)34(44)38-16-14-37(15-17-38)27-5-7-28(8-6-27)41(45)46/h1-13,19,23,26H,14-18,20-22H2,(H,36,43)/t23-,26+/m1/s1. The van der Waals surface area contributed by atoms with E-state index in [0.29, 0.717) is 56.1 Å². The molecule has 12 nitrogen and oxygen atoms in total. The molecular formula is C34H33N7O5. The Hall–Kier alpha value is -5.52. The molecule has 2 aromatic carbocycles. The van der Waals surface area contributed by atoms with Crippen molar-refractivity contribution in [3.8, 4) is 0 Å². The molecule has 5 heterocycles. The molecule has 7 rings (SSSR count). The Bertz CT molecular complexity index is 1850. The first kappa shape index (κ1) is 29.2. The highest BCUT2D eigenvalue weighted by Crippen LogP contribution is 2.39. The molecule has 2 amide bonds. The number of amides is 2. The molecule has 2 bridgehead atoms. The summed E-state index contributed by atoms with van der Waals surface area (Å²) in [5, 5.41) is 14.1. The van der Waals surface area contributed by atoms with Crippen molar-refractivity contribution < 1.29 is 14.5 Å². The molecule has 0 saturated carbocycles. The maximum absolute atomic E-state index is 13.8. The number of hydrogen-bond acceptors (Lipinski definition) is 8. The highest BCUT2D eigenvalue weighted by molar-refractivity contribution is 6.07. The monoisotopic (exact) mass is 619 g/mol. The SMILES string of the molecule is O=C(Nc1cc(C(=O)N2CCN(c3ccc([N+](=O)[O-])cc3)CC2)ccc1N1C[C@H]2C[C@@H](C1)c1cccc(=O)n1C2)c1ccncc1. The van der Waals surface area contributed by atoms with Gasteiger partial charge in [0.15, 0.2) is 0 Å². The molecule has 12 heteroatoms. The van der Waals surface area contributed by atoms with E-state index < -0.39 is 4.92 Å². The van der Waals surface area contributed by atoms with Gasteiger partial charge in [0.25, 0.3) is 23.1 Å². The van der Waals surface area contributed by atoms with Gasteiger partial charge in [-0.3, -0.25) is 29.5 Å². The van der Waals surface area contributed by atoms with Crippen LogP contribution < -0.4 is 20.7 Å². The maximum Gasteiger partial charge on any atom is 0.269 e. The molecule has 2 aromatic heterocycles. The summed E-state index contributed by atoms with van der Waals surface area (Å²) >= 11 is 0. The van der Waals surface area contributed by atoms with Gasteiger partial charge >= 0.3 is 0 Å². The number of nitrogens with one attached hydrogen (secondary N) is 1. The van der Waals surface area contributed by atoms with Crippen LogP contribution in [0, 0.1) is 16.0 Å². The van der Waals surface area contributed by atoms with E-state index in [0.717, 1.165) is 30.0 Å². The van der Waals surface area contributed by atoms with Gasteiger partial charge in [0.2, 0.25) is 0 Å². The summed E-state index contributed by atoms with van der Waals surface area (Å²) in [7, 11) is 0. The van der Waals surface area contributed by atoms with Crippen molar-refractivity contribution in [2.24, 2.45) is 5.92 Å². The lowest BCUT2D eigenvalue weighted by Crippen LogP contribution is -2.49. The third kappa shape index (κ3) is 5.69. The van der Waals surface area contributed by atoms with Gasteiger partial charge in [0.1, 0.15) is 0 Å². The fraction of sp³-hybridized carbons (Fsp3) is 0.294. The number of anilines is 3. The number of carbonyl (C=O) groups is 2. The van der Waals surface area contributed by atoms with Crippen molar-refractivity contribution in [3.05, 3.63) is 122 Å². The normalized spacial score (nSPS) is 18.9. The lowest BCUT2D eigenvalue weighted by Gasteiger charge is -2.44. The number of piperazine rings is 1. The second-order valence-corrected chi connectivity index (χ2v) is 12.1. The highest BCUT2D eigenvalue weighted by atomic mass is 16.6. The van der Waals surface area contributed by atoms with Gasteiger partial charge in [0, 0.05) is 105 Å². The summed E-state index contributed by atoms with van der Waals surface area (Å²) in [5.74, 6) is 0.0409. The molecule has 46 heavy (non-hydrogen) atoms. The van der Waals surface area contributed by atoms with Gasteiger partial charge in [-0.05, 0) is 60.9 Å². The Morgan fingerprint density at radius 3 is 2.35 bits per heavy atom. The first-order valence-corrected chi connectivity index (χ1v) is 15.4. The quantitative estimate of drug-likeness (QED) is 0.253. The summed E-state index contributed by atoms with van der Waals surface area (Å²) in [6.07, 6.45) is 4.13. The number of nitrogens with zero attached hydrogens (tertiary/aromatic N) is 6. The zero-order valence-corrected chi connectivity index (χ0v) is 25.1. The van der Waals surface area contributed by atoms with Crippen molar-refractivity contribution >= 4 is 34.6 Å². The predicted octanol–water partition coefficient (Wildman–Crippen LogP) is 3.99. The fourth-order valence-electron chi connectivity index (χ4n) is 6.97. The summed E-state index contributed by atoms with van der Waals surface area (Å²) in [4.78, 5) is 60.4. The van der Waals surface area contributed by atoms with Gasteiger partial charge in [-0.1, -0.05) is 6.07 Å². The molecule has 3 aliphatic heterocycles. The van der Waals surface area contributed by atoms with E-state index in [1.54, 1.807) is 53.7 Å². The Morgan fingerprint density at radius 2 is 1.61 bits per heavy atom. The van der Waals surface area contributed by atoms with Crippen LogP contribution in [0.5, 0.6) is 0 Å². The average Bonchev–Trinajstić information content (AvgIpc) is 3.09. The van der Waals surface area contributed by atoms with Crippen molar-refractivity contribution in [2.75, 3.05) is 54.4 Å². The van der Waals surface area contributed by atoms with Crippen LogP contribution in [0.25, 0.3) is 0 Å². The molecule has 0 radical (unpaired) electrons. The van der Waals surface area contributed by atoms with Gasteiger partial charge in [-0.25, -0.2) is 0 Å². The van der Waals surface area contributed by atoms with Crippen LogP contribution in [0.2, 0.25) is 0 Å². The molecule has 0 spiro atoms. The zero-order chi connectivity index (χ0) is 31.8. The second kappa shape index (κ2) is 12.1.